The summed E-state index contributed by atoms with van der Waals surface area (Å²) in [6, 6.07) is 0. The van der Waals surface area contributed by atoms with Gasteiger partial charge in [0, 0.05) is 25.3 Å². The molecule has 2 unspecified atom stereocenters. The molecule has 130 valence electrons. The van der Waals surface area contributed by atoms with E-state index >= 15 is 0 Å². The molecule has 5 nitrogen and oxygen atoms in total. The van der Waals surface area contributed by atoms with E-state index in [0.29, 0.717) is 24.8 Å². The maximum Gasteiger partial charge on any atom is 0.233 e. The van der Waals surface area contributed by atoms with E-state index in [9.17, 15) is 4.79 Å². The zero-order valence-corrected chi connectivity index (χ0v) is 15.9. The number of amides is 1. The number of aromatic nitrogens is 2. The van der Waals surface area contributed by atoms with Gasteiger partial charge < -0.3 is 14.2 Å². The van der Waals surface area contributed by atoms with E-state index in [2.05, 4.69) is 30.3 Å². The lowest BCUT2D eigenvalue weighted by Crippen LogP contribution is -2.48. The van der Waals surface area contributed by atoms with Crippen molar-refractivity contribution in [1.29, 1.82) is 0 Å². The molecule has 0 saturated carbocycles. The van der Waals surface area contributed by atoms with Crippen LogP contribution in [0.2, 0.25) is 0 Å². The van der Waals surface area contributed by atoms with Crippen LogP contribution in [0.4, 0.5) is 0 Å². The molecule has 2 heterocycles. The normalized spacial score (nSPS) is 22.0. The number of carbonyl (C=O) groups excluding carboxylic acids is 1. The average molecular weight is 340 g/mol. The van der Waals surface area contributed by atoms with Crippen molar-refractivity contribution in [2.24, 2.45) is 5.92 Å². The highest BCUT2D eigenvalue weighted by atomic mass is 32.2. The van der Waals surface area contributed by atoms with E-state index in [4.69, 9.17) is 4.74 Å². The molecule has 0 spiro atoms. The van der Waals surface area contributed by atoms with Crippen LogP contribution in [0.5, 0.6) is 0 Å². The van der Waals surface area contributed by atoms with Gasteiger partial charge in [-0.15, -0.1) is 0 Å². The number of rotatable bonds is 5. The predicted octanol–water partition coefficient (Wildman–Crippen LogP) is 2.88. The number of nitrogens with zero attached hydrogens (tertiary/aromatic N) is 3. The Morgan fingerprint density at radius 3 is 2.48 bits per heavy atom. The number of carbonyl (C=O) groups is 1. The van der Waals surface area contributed by atoms with Crippen molar-refractivity contribution in [2.75, 3.05) is 18.8 Å². The molecule has 1 saturated heterocycles. The summed E-state index contributed by atoms with van der Waals surface area (Å²) in [4.78, 5) is 19.1. The highest BCUT2D eigenvalue weighted by Gasteiger charge is 2.26. The smallest absolute Gasteiger partial charge is 0.233 e. The van der Waals surface area contributed by atoms with Crippen molar-refractivity contribution >= 4 is 17.7 Å². The molecule has 1 aromatic rings. The summed E-state index contributed by atoms with van der Waals surface area (Å²) in [5.74, 6) is 1.16. The third kappa shape index (κ3) is 4.73. The fourth-order valence-electron chi connectivity index (χ4n) is 2.91. The van der Waals surface area contributed by atoms with Crippen molar-refractivity contribution < 1.29 is 9.53 Å². The molecule has 1 aliphatic heterocycles. The molecule has 0 radical (unpaired) electrons. The third-order valence-electron chi connectivity index (χ3n) is 4.07. The van der Waals surface area contributed by atoms with Gasteiger partial charge in [0.15, 0.2) is 5.16 Å². The lowest BCUT2D eigenvalue weighted by molar-refractivity contribution is -0.140. The SMILES string of the molecule is Cc1nc(SCC(=O)N2CC(C)OC(C)C2)n(CC(C)C)c1C. The minimum absolute atomic E-state index is 0.111. The van der Waals surface area contributed by atoms with Crippen LogP contribution in [-0.2, 0) is 16.1 Å². The molecule has 1 aliphatic rings. The Hall–Kier alpha value is -1.01. The lowest BCUT2D eigenvalue weighted by Gasteiger charge is -2.35. The Morgan fingerprint density at radius 1 is 1.30 bits per heavy atom. The number of ether oxygens (including phenoxy) is 1. The Bertz CT molecular complexity index is 546. The summed E-state index contributed by atoms with van der Waals surface area (Å²) in [6.07, 6.45) is 0.222. The van der Waals surface area contributed by atoms with Crippen molar-refractivity contribution in [2.45, 2.75) is 65.5 Å². The molecule has 0 aromatic carbocycles. The second kappa shape index (κ2) is 7.71. The molecule has 2 atom stereocenters. The van der Waals surface area contributed by atoms with Gasteiger partial charge in [-0.2, -0.15) is 0 Å². The van der Waals surface area contributed by atoms with Gasteiger partial charge in [0.2, 0.25) is 5.91 Å². The van der Waals surface area contributed by atoms with Gasteiger partial charge in [-0.25, -0.2) is 4.98 Å². The molecule has 0 N–H and O–H groups in total. The van der Waals surface area contributed by atoms with Gasteiger partial charge in [-0.3, -0.25) is 4.79 Å². The maximum absolute atomic E-state index is 12.5. The van der Waals surface area contributed by atoms with E-state index in [1.807, 2.05) is 25.7 Å². The lowest BCUT2D eigenvalue weighted by atomic mass is 10.2. The van der Waals surface area contributed by atoms with Crippen LogP contribution in [0, 0.1) is 19.8 Å². The number of imidazole rings is 1. The van der Waals surface area contributed by atoms with Crippen molar-refractivity contribution in [3.63, 3.8) is 0 Å². The van der Waals surface area contributed by atoms with E-state index < -0.39 is 0 Å². The van der Waals surface area contributed by atoms with Gasteiger partial charge in [-0.05, 0) is 33.6 Å². The average Bonchev–Trinajstić information content (AvgIpc) is 2.71. The highest BCUT2D eigenvalue weighted by molar-refractivity contribution is 7.99. The zero-order valence-electron chi connectivity index (χ0n) is 15.1. The van der Waals surface area contributed by atoms with Gasteiger partial charge in [0.25, 0.3) is 0 Å². The monoisotopic (exact) mass is 339 g/mol. The minimum atomic E-state index is 0.111. The van der Waals surface area contributed by atoms with E-state index in [1.165, 1.54) is 5.69 Å². The first-order valence-corrected chi connectivity index (χ1v) is 9.36. The van der Waals surface area contributed by atoms with Crippen molar-refractivity contribution in [3.8, 4) is 0 Å². The molecule has 23 heavy (non-hydrogen) atoms. The van der Waals surface area contributed by atoms with Crippen LogP contribution in [0.3, 0.4) is 0 Å². The molecule has 2 rings (SSSR count). The second-order valence-corrected chi connectivity index (χ2v) is 7.86. The van der Waals surface area contributed by atoms with E-state index in [0.717, 1.165) is 17.4 Å². The van der Waals surface area contributed by atoms with Gasteiger partial charge in [0.1, 0.15) is 0 Å². The topological polar surface area (TPSA) is 47.4 Å². The van der Waals surface area contributed by atoms with Gasteiger partial charge in [0.05, 0.1) is 23.7 Å². The van der Waals surface area contributed by atoms with E-state index in [1.54, 1.807) is 11.8 Å². The Labute approximate surface area is 143 Å². The number of morpholine rings is 1. The minimum Gasteiger partial charge on any atom is -0.372 e. The van der Waals surface area contributed by atoms with Crippen LogP contribution < -0.4 is 0 Å². The number of aryl methyl sites for hydroxylation is 1. The van der Waals surface area contributed by atoms with Crippen molar-refractivity contribution in [3.05, 3.63) is 11.4 Å². The fraction of sp³-hybridized carbons (Fsp3) is 0.765. The molecule has 1 aromatic heterocycles. The van der Waals surface area contributed by atoms with Crippen molar-refractivity contribution in [1.82, 2.24) is 14.5 Å². The first kappa shape index (κ1) is 18.3. The Morgan fingerprint density at radius 2 is 1.91 bits per heavy atom. The first-order valence-electron chi connectivity index (χ1n) is 8.37. The Balaban J connectivity index is 2.00. The standard InChI is InChI=1S/C17H29N3O2S/c1-11(2)7-20-15(6)14(5)18-17(20)23-10-16(21)19-8-12(3)22-13(4)9-19/h11-13H,7-10H2,1-6H3. The summed E-state index contributed by atoms with van der Waals surface area (Å²) < 4.78 is 7.93. The molecular formula is C17H29N3O2S. The molecule has 0 aliphatic carbocycles. The summed E-state index contributed by atoms with van der Waals surface area (Å²) in [5.41, 5.74) is 2.25. The Kier molecular flexibility index (Phi) is 6.14. The third-order valence-corrected chi connectivity index (χ3v) is 5.03. The molecular weight excluding hydrogens is 310 g/mol. The molecule has 0 bridgehead atoms. The fourth-order valence-corrected chi connectivity index (χ4v) is 3.92. The molecule has 1 fully saturated rings. The van der Waals surface area contributed by atoms with Crippen LogP contribution in [0.15, 0.2) is 5.16 Å². The summed E-state index contributed by atoms with van der Waals surface area (Å²) in [6.45, 7) is 14.9. The van der Waals surface area contributed by atoms with Crippen LogP contribution in [0.25, 0.3) is 0 Å². The largest absolute Gasteiger partial charge is 0.372 e. The summed E-state index contributed by atoms with van der Waals surface area (Å²) in [7, 11) is 0. The maximum atomic E-state index is 12.5. The predicted molar refractivity (Wildman–Crippen MR) is 93.9 cm³/mol. The zero-order chi connectivity index (χ0) is 17.1. The van der Waals surface area contributed by atoms with Gasteiger partial charge >= 0.3 is 0 Å². The molecule has 6 heteroatoms. The van der Waals surface area contributed by atoms with E-state index in [-0.39, 0.29) is 18.1 Å². The highest BCUT2D eigenvalue weighted by Crippen LogP contribution is 2.23. The number of hydrogen-bond donors (Lipinski definition) is 0. The first-order chi connectivity index (χ1) is 10.8. The summed E-state index contributed by atoms with van der Waals surface area (Å²) >= 11 is 1.55. The van der Waals surface area contributed by atoms with Crippen LogP contribution in [0.1, 0.15) is 39.1 Å². The quantitative estimate of drug-likeness (QED) is 0.774. The summed E-state index contributed by atoms with van der Waals surface area (Å²) in [5, 5.41) is 0.955. The number of thioether (sulfide) groups is 1. The second-order valence-electron chi connectivity index (χ2n) is 6.91. The van der Waals surface area contributed by atoms with Crippen LogP contribution in [-0.4, -0.2) is 51.4 Å². The van der Waals surface area contributed by atoms with Gasteiger partial charge in [-0.1, -0.05) is 25.6 Å². The van der Waals surface area contributed by atoms with Crippen LogP contribution >= 0.6 is 11.8 Å². The molecule has 1 amide bonds. The number of hydrogen-bond acceptors (Lipinski definition) is 4.